The van der Waals surface area contributed by atoms with Crippen LogP contribution in [-0.4, -0.2) is 38.2 Å². The van der Waals surface area contributed by atoms with Crippen molar-refractivity contribution < 1.29 is 4.74 Å². The molecule has 1 aromatic carbocycles. The molecule has 3 heteroatoms. The van der Waals surface area contributed by atoms with Crippen molar-refractivity contribution in [2.75, 3.05) is 27.2 Å². The van der Waals surface area contributed by atoms with E-state index < -0.39 is 0 Å². The second-order valence-electron chi connectivity index (χ2n) is 5.02. The van der Waals surface area contributed by atoms with E-state index in [4.69, 9.17) is 4.74 Å². The molecule has 0 heterocycles. The third kappa shape index (κ3) is 5.62. The Morgan fingerprint density at radius 2 is 1.89 bits per heavy atom. The van der Waals surface area contributed by atoms with E-state index in [1.165, 1.54) is 18.4 Å². The first-order chi connectivity index (χ1) is 9.21. The second-order valence-corrected chi connectivity index (χ2v) is 5.02. The van der Waals surface area contributed by atoms with E-state index in [1.54, 1.807) is 7.11 Å². The maximum atomic E-state index is 5.38. The van der Waals surface area contributed by atoms with Crippen molar-refractivity contribution in [3.8, 4) is 5.75 Å². The van der Waals surface area contributed by atoms with Gasteiger partial charge in [0.15, 0.2) is 0 Å². The van der Waals surface area contributed by atoms with Crippen LogP contribution in [0.15, 0.2) is 24.3 Å². The zero-order chi connectivity index (χ0) is 14.1. The number of rotatable bonds is 9. The van der Waals surface area contributed by atoms with Crippen LogP contribution in [0.5, 0.6) is 5.75 Å². The minimum absolute atomic E-state index is 0.652. The van der Waals surface area contributed by atoms with Crippen LogP contribution in [0.3, 0.4) is 0 Å². The van der Waals surface area contributed by atoms with Gasteiger partial charge in [-0.2, -0.15) is 0 Å². The molecule has 0 fully saturated rings. The molecule has 0 unspecified atom stereocenters. The highest BCUT2D eigenvalue weighted by atomic mass is 16.5. The van der Waals surface area contributed by atoms with Gasteiger partial charge >= 0.3 is 0 Å². The fourth-order valence-electron chi connectivity index (χ4n) is 2.24. The van der Waals surface area contributed by atoms with E-state index in [0.29, 0.717) is 6.04 Å². The summed E-state index contributed by atoms with van der Waals surface area (Å²) in [5, 5.41) is 3.59. The number of ether oxygens (including phenoxy) is 1. The van der Waals surface area contributed by atoms with Gasteiger partial charge in [-0.1, -0.05) is 32.0 Å². The number of methoxy groups -OCH3 is 1. The van der Waals surface area contributed by atoms with Gasteiger partial charge in [-0.05, 0) is 26.0 Å². The summed E-state index contributed by atoms with van der Waals surface area (Å²) in [6.07, 6.45) is 2.40. The summed E-state index contributed by atoms with van der Waals surface area (Å²) in [5.74, 6) is 0.974. The Hall–Kier alpha value is -1.06. The lowest BCUT2D eigenvalue weighted by Crippen LogP contribution is -2.35. The van der Waals surface area contributed by atoms with E-state index in [2.05, 4.69) is 43.2 Å². The average Bonchev–Trinajstić information content (AvgIpc) is 2.44. The summed E-state index contributed by atoms with van der Waals surface area (Å²) in [7, 11) is 3.88. The lowest BCUT2D eigenvalue weighted by molar-refractivity contribution is 0.306. The minimum Gasteiger partial charge on any atom is -0.496 e. The molecule has 0 aliphatic carbocycles. The Morgan fingerprint density at radius 3 is 2.53 bits per heavy atom. The molecule has 1 N–H and O–H groups in total. The molecule has 0 bridgehead atoms. The lowest BCUT2D eigenvalue weighted by Gasteiger charge is -2.21. The molecule has 0 saturated heterocycles. The molecule has 0 aromatic heterocycles. The molecule has 0 atom stereocenters. The van der Waals surface area contributed by atoms with Gasteiger partial charge in [-0.25, -0.2) is 0 Å². The number of para-hydroxylation sites is 1. The van der Waals surface area contributed by atoms with E-state index in [9.17, 15) is 0 Å². The Morgan fingerprint density at radius 1 is 1.21 bits per heavy atom. The number of benzene rings is 1. The van der Waals surface area contributed by atoms with Crippen molar-refractivity contribution in [3.05, 3.63) is 29.8 Å². The molecule has 1 aromatic rings. The predicted octanol–water partition coefficient (Wildman–Crippen LogP) is 2.91. The smallest absolute Gasteiger partial charge is 0.123 e. The Kier molecular flexibility index (Phi) is 7.53. The van der Waals surface area contributed by atoms with Gasteiger partial charge in [0.05, 0.1) is 7.11 Å². The zero-order valence-electron chi connectivity index (χ0n) is 12.8. The van der Waals surface area contributed by atoms with Gasteiger partial charge in [0.1, 0.15) is 5.75 Å². The van der Waals surface area contributed by atoms with Crippen molar-refractivity contribution >= 4 is 0 Å². The molecular formula is C16H28N2O. The topological polar surface area (TPSA) is 24.5 Å². The van der Waals surface area contributed by atoms with Crippen LogP contribution in [0, 0.1) is 0 Å². The maximum Gasteiger partial charge on any atom is 0.123 e. The third-order valence-electron chi connectivity index (χ3n) is 3.54. The Labute approximate surface area is 118 Å². The normalized spacial score (nSPS) is 11.3. The van der Waals surface area contributed by atoms with Gasteiger partial charge in [-0.3, -0.25) is 0 Å². The van der Waals surface area contributed by atoms with E-state index in [1.807, 2.05) is 12.1 Å². The van der Waals surface area contributed by atoms with Crippen LogP contribution in [0.25, 0.3) is 0 Å². The van der Waals surface area contributed by atoms with Crippen molar-refractivity contribution in [2.24, 2.45) is 0 Å². The van der Waals surface area contributed by atoms with Crippen molar-refractivity contribution in [3.63, 3.8) is 0 Å². The first kappa shape index (κ1) is 16.0. The quantitative estimate of drug-likeness (QED) is 0.742. The monoisotopic (exact) mass is 264 g/mol. The second kappa shape index (κ2) is 8.94. The van der Waals surface area contributed by atoms with Gasteiger partial charge < -0.3 is 15.0 Å². The third-order valence-corrected chi connectivity index (χ3v) is 3.54. The molecule has 0 radical (unpaired) electrons. The van der Waals surface area contributed by atoms with Gasteiger partial charge in [0, 0.05) is 31.2 Å². The Balaban J connectivity index is 2.36. The van der Waals surface area contributed by atoms with Crippen molar-refractivity contribution in [2.45, 2.75) is 39.3 Å². The molecule has 0 spiro atoms. The Bertz CT molecular complexity index is 350. The van der Waals surface area contributed by atoms with E-state index >= 15 is 0 Å². The summed E-state index contributed by atoms with van der Waals surface area (Å²) in [5.41, 5.74) is 1.25. The molecule has 19 heavy (non-hydrogen) atoms. The number of nitrogens with zero attached hydrogens (tertiary/aromatic N) is 1. The number of hydrogen-bond donors (Lipinski definition) is 1. The number of hydrogen-bond acceptors (Lipinski definition) is 3. The first-order valence-corrected chi connectivity index (χ1v) is 7.25. The molecule has 0 aliphatic rings. The van der Waals surface area contributed by atoms with Crippen LogP contribution in [-0.2, 0) is 6.54 Å². The molecule has 0 aliphatic heterocycles. The van der Waals surface area contributed by atoms with E-state index in [0.717, 1.165) is 25.4 Å². The average molecular weight is 264 g/mol. The van der Waals surface area contributed by atoms with Crippen LogP contribution in [0.4, 0.5) is 0 Å². The molecule has 1 rings (SSSR count). The summed E-state index contributed by atoms with van der Waals surface area (Å²) < 4.78 is 5.38. The highest BCUT2D eigenvalue weighted by molar-refractivity contribution is 5.32. The minimum atomic E-state index is 0.652. The lowest BCUT2D eigenvalue weighted by atomic mass is 10.1. The zero-order valence-corrected chi connectivity index (χ0v) is 12.8. The summed E-state index contributed by atoms with van der Waals surface area (Å²) >= 11 is 0. The van der Waals surface area contributed by atoms with Gasteiger partial charge in [-0.15, -0.1) is 0 Å². The van der Waals surface area contributed by atoms with Crippen LogP contribution < -0.4 is 10.1 Å². The number of likely N-dealkylation sites (N-methyl/N-ethyl adjacent to an activating group) is 1. The van der Waals surface area contributed by atoms with Crippen LogP contribution in [0.2, 0.25) is 0 Å². The molecule has 108 valence electrons. The largest absolute Gasteiger partial charge is 0.496 e. The fourth-order valence-corrected chi connectivity index (χ4v) is 2.24. The van der Waals surface area contributed by atoms with Gasteiger partial charge in [0.2, 0.25) is 0 Å². The molecule has 0 amide bonds. The SMILES string of the molecule is CCC(CC)NCCN(C)Cc1ccccc1OC. The molecule has 3 nitrogen and oxygen atoms in total. The number of nitrogens with one attached hydrogen (secondary N) is 1. The summed E-state index contributed by atoms with van der Waals surface area (Å²) in [4.78, 5) is 2.33. The highest BCUT2D eigenvalue weighted by Gasteiger charge is 2.06. The summed E-state index contributed by atoms with van der Waals surface area (Å²) in [6.45, 7) is 7.49. The highest BCUT2D eigenvalue weighted by Crippen LogP contribution is 2.18. The molecular weight excluding hydrogens is 236 g/mol. The van der Waals surface area contributed by atoms with Crippen LogP contribution in [0.1, 0.15) is 32.3 Å². The van der Waals surface area contributed by atoms with Gasteiger partial charge in [0.25, 0.3) is 0 Å². The summed E-state index contributed by atoms with van der Waals surface area (Å²) in [6, 6.07) is 8.88. The first-order valence-electron chi connectivity index (χ1n) is 7.25. The maximum absolute atomic E-state index is 5.38. The van der Waals surface area contributed by atoms with Crippen LogP contribution >= 0.6 is 0 Å². The predicted molar refractivity (Wildman–Crippen MR) is 81.7 cm³/mol. The standard InChI is InChI=1S/C16H28N2O/c1-5-15(6-2)17-11-12-18(3)13-14-9-7-8-10-16(14)19-4/h7-10,15,17H,5-6,11-13H2,1-4H3. The van der Waals surface area contributed by atoms with Crippen molar-refractivity contribution in [1.29, 1.82) is 0 Å². The van der Waals surface area contributed by atoms with E-state index in [-0.39, 0.29) is 0 Å². The molecule has 0 saturated carbocycles. The fraction of sp³-hybridized carbons (Fsp3) is 0.625. The van der Waals surface area contributed by atoms with Crippen molar-refractivity contribution in [1.82, 2.24) is 10.2 Å².